The van der Waals surface area contributed by atoms with E-state index in [2.05, 4.69) is 137 Å². The molecule has 105 heavy (non-hydrogen) atoms. The molecule has 3 atom stereocenters. The largest absolute Gasteiger partial charge is 0.335 e. The number of hydrogen-bond acceptors (Lipinski definition) is 14. The normalized spacial score (nSPS) is 13.0. The van der Waals surface area contributed by atoms with E-state index in [0.29, 0.717) is 63.9 Å². The number of nitrogens with zero attached hydrogens (tertiary/aromatic N) is 8. The van der Waals surface area contributed by atoms with E-state index < -0.39 is 37.8 Å². The van der Waals surface area contributed by atoms with Gasteiger partial charge in [-0.05, 0) is 182 Å². The number of Topliss-reactive ketones (excluding diaryl/α,β-unsaturated/α-hetero) is 1. The molecule has 4 N–H and O–H groups in total. The summed E-state index contributed by atoms with van der Waals surface area (Å²) in [7, 11) is -8.11. The quantitative estimate of drug-likeness (QED) is 0.0284. The van der Waals surface area contributed by atoms with E-state index in [0.717, 1.165) is 33.6 Å². The van der Waals surface area contributed by atoms with Crippen LogP contribution in [0.5, 0.6) is 0 Å². The summed E-state index contributed by atoms with van der Waals surface area (Å²) in [6, 6.07) is 55.3. The van der Waals surface area contributed by atoms with Gasteiger partial charge < -0.3 is 30.8 Å². The fraction of sp³-hybridized carbons (Fsp3) is 0.151. The minimum Gasteiger partial charge on any atom is -0.335 e. The molecule has 0 saturated heterocycles. The average molecular weight is 2180 g/mol. The average Bonchev–Trinajstić information content (AvgIpc) is 0.781. The third kappa shape index (κ3) is 30.6. The first-order valence-corrected chi connectivity index (χ1v) is 59.9. The van der Waals surface area contributed by atoms with E-state index in [1.807, 2.05) is 48.5 Å². The van der Waals surface area contributed by atoms with Crippen LogP contribution in [-0.2, 0) is 40.9 Å². The molecule has 552 valence electrons. The first-order valence-electron chi connectivity index (χ1n) is 29.9. The van der Waals surface area contributed by atoms with Gasteiger partial charge in [-0.3, -0.25) is 19.7 Å². The Hall–Kier alpha value is -6.54. The van der Waals surface area contributed by atoms with E-state index in [-0.39, 0.29) is 92.3 Å². The smallest absolute Gasteiger partial charge is 0.290 e. The number of carbonyl (C=O) groups is 2. The van der Waals surface area contributed by atoms with Gasteiger partial charge in [-0.25, -0.2) is 40.5 Å². The molecule has 2 aliphatic heterocycles. The molecule has 4 aromatic heterocycles. The van der Waals surface area contributed by atoms with Gasteiger partial charge >= 0.3 is 83.0 Å². The number of rotatable bonds is 15. The van der Waals surface area contributed by atoms with Gasteiger partial charge in [-0.1, -0.05) is 107 Å². The van der Waals surface area contributed by atoms with E-state index in [1.54, 1.807) is 129 Å². The van der Waals surface area contributed by atoms with Crippen molar-refractivity contribution in [2.24, 2.45) is 14.5 Å². The van der Waals surface area contributed by atoms with Gasteiger partial charge in [-0.15, -0.1) is 8.80 Å². The number of nitrogens with one attached hydrogen (secondary N) is 2. The number of pyridine rings is 4. The number of amidine groups is 2. The monoisotopic (exact) mass is 2180 g/mol. The Morgan fingerprint density at radius 2 is 0.990 bits per heavy atom. The third-order valence-electron chi connectivity index (χ3n) is 13.8. The van der Waals surface area contributed by atoms with Crippen LogP contribution in [0.3, 0.4) is 0 Å². The summed E-state index contributed by atoms with van der Waals surface area (Å²) < 4.78 is 113. The Kier molecular flexibility index (Phi) is 40.9. The predicted molar refractivity (Wildman–Crippen MR) is 444 cm³/mol. The molecule has 0 bridgehead atoms. The van der Waals surface area contributed by atoms with Crippen LogP contribution in [0.15, 0.2) is 259 Å². The molecular formula is C73H66Br2ClF4I5N11O7S2-. The topological polar surface area (TPSA) is 247 Å². The number of hydrogen-bond donors (Lipinski definition) is 3. The molecular weight excluding hydrogens is 2110 g/mol. The van der Waals surface area contributed by atoms with Crippen LogP contribution in [0, 0.1) is 36.4 Å². The summed E-state index contributed by atoms with van der Waals surface area (Å²) in [5.41, 5.74) is 12.1. The van der Waals surface area contributed by atoms with Crippen LogP contribution >= 0.6 is 107 Å². The number of anilines is 2. The van der Waals surface area contributed by atoms with Crippen LogP contribution in [0.25, 0.3) is 9.69 Å². The van der Waals surface area contributed by atoms with Crippen molar-refractivity contribution >= 4 is 162 Å². The summed E-state index contributed by atoms with van der Waals surface area (Å²) >= 11 is 20.2. The first-order chi connectivity index (χ1) is 49.4. The van der Waals surface area contributed by atoms with Gasteiger partial charge in [0.05, 0.1) is 18.0 Å². The fourth-order valence-corrected chi connectivity index (χ4v) is 12.5. The van der Waals surface area contributed by atoms with Crippen molar-refractivity contribution in [3.63, 3.8) is 0 Å². The Balaban J connectivity index is 0.000000276. The van der Waals surface area contributed by atoms with Gasteiger partial charge in [0.25, 0.3) is 26.1 Å². The minimum atomic E-state index is -3.99. The zero-order chi connectivity index (χ0) is 74.9. The zero-order valence-electron chi connectivity index (χ0n) is 53.6. The molecule has 32 heteroatoms. The maximum absolute atomic E-state index is 13.4. The van der Waals surface area contributed by atoms with Crippen molar-refractivity contribution in [1.82, 2.24) is 19.9 Å². The van der Waals surface area contributed by atoms with Crippen molar-refractivity contribution in [2.75, 3.05) is 23.8 Å². The predicted octanol–water partition coefficient (Wildman–Crippen LogP) is 17.5. The van der Waals surface area contributed by atoms with Crippen LogP contribution in [0.4, 0.5) is 28.9 Å². The van der Waals surface area contributed by atoms with Crippen molar-refractivity contribution in [1.29, 1.82) is 0 Å². The van der Waals surface area contributed by atoms with Gasteiger partial charge in [0.15, 0.2) is 11.6 Å². The molecule has 0 fully saturated rings. The summed E-state index contributed by atoms with van der Waals surface area (Å²) in [6.07, 6.45) is 7.09. The van der Waals surface area contributed by atoms with Crippen LogP contribution in [-0.4, -0.2) is 73.3 Å². The van der Waals surface area contributed by atoms with E-state index in [1.165, 1.54) is 60.7 Å². The Morgan fingerprint density at radius 3 is 1.37 bits per heavy atom. The summed E-state index contributed by atoms with van der Waals surface area (Å²) in [4.78, 5) is 47.6. The van der Waals surface area contributed by atoms with Gasteiger partial charge in [-0.2, -0.15) is 16.8 Å². The number of aromatic nitrogens is 4. The van der Waals surface area contributed by atoms with E-state index >= 15 is 0 Å². The number of nitrogens with two attached hydrogens (primary N) is 1. The molecule has 6 heterocycles. The zero-order valence-corrected chi connectivity index (χ0v) is 69.9. The molecule has 6 aromatic carbocycles. The molecule has 0 aliphatic carbocycles. The summed E-state index contributed by atoms with van der Waals surface area (Å²) in [5, 5.41) is 6.01. The number of sulfonamides is 2. The number of benzene rings is 6. The van der Waals surface area contributed by atoms with Crippen LogP contribution in [0.2, 0.25) is 5.15 Å². The number of ketones is 1. The van der Waals surface area contributed by atoms with Crippen LogP contribution < -0.4 is 29.6 Å². The van der Waals surface area contributed by atoms with Crippen molar-refractivity contribution in [2.45, 2.75) is 68.8 Å². The standard InChI is InChI=1S/C22H17BrFN3O3S.C13H9FN2.C13H13FN2.C10H9BrN2O4S.C8H6FN.C5H4ClN.2CH4.I5/c23-15-6-10-19-21(13-15)31(29,30)27-22(26-19)20(28)11-9-17(18-3-1-2-12-25-18)14-4-7-16(24)8-5-14;1-15-13(12-4-2-3-9-16-12)10-5-7-11(14)8-6-10;14-11-6-4-10(5-7-11)12(9-15)13-3-1-2-8-16-13;1-2-17-10(14)9-12-7-4-3-6(11)5-8(7)18(15,16)13-9;1-10-6-7-2-4-8(9)5-3-7;6-5-3-1-2-4-7-5;;;1-4-5(2)3/h1-8,10,12-13,17H,9,11H2,(H,26,27);2-9,13H;1-8,12H,9,15H2;3-5H,2H2,1H3,(H,12,13);2-5H,6H2;1-4H;2*1H4;/q;;;;;;;;-1. The SMILES string of the molecule is C.C.CCOC(=O)C1=NS(=O)(=O)c2cc(Br)ccc2N1.Clc1ccccn1.I[I-]I(I)I.NCC(c1ccc(F)cc1)c1ccccn1.O=C(CCC(c1ccc(F)cc1)c1ccccn1)C1=NS(=O)(=O)c2cc(Br)ccc2N1.[C-]#[N+]C(c1ccc(F)cc1)c1ccccn1.[C-]#[N+]Cc1ccc(F)cc1. The molecule has 18 nitrogen and oxygen atoms in total. The van der Waals surface area contributed by atoms with E-state index in [4.69, 9.17) is 35.2 Å². The van der Waals surface area contributed by atoms with Gasteiger partial charge in [0.1, 0.15) is 43.9 Å². The second-order valence-electron chi connectivity index (χ2n) is 20.6. The Bertz CT molecular complexity index is 4780. The minimum absolute atomic E-state index is 0. The number of esters is 1. The molecule has 0 amide bonds. The van der Waals surface area contributed by atoms with Gasteiger partial charge in [0, 0.05) is 81.0 Å². The fourth-order valence-electron chi connectivity index (χ4n) is 9.05. The van der Waals surface area contributed by atoms with Gasteiger partial charge in [0.2, 0.25) is 12.4 Å². The summed E-state index contributed by atoms with van der Waals surface area (Å²) in [5.74, 6) is -3.13. The second-order valence-corrected chi connectivity index (χ2v) is 91.0. The first kappa shape index (κ1) is 90.8. The van der Waals surface area contributed by atoms with Crippen molar-refractivity contribution in [3.05, 3.63) is 331 Å². The number of fused-ring (bicyclic) bond motifs is 2. The molecule has 3 unspecified atom stereocenters. The molecule has 10 aromatic rings. The molecule has 0 saturated carbocycles. The third-order valence-corrected chi connectivity index (χ3v) is 100. The molecule has 12 rings (SSSR count). The molecule has 2 aliphatic rings. The van der Waals surface area contributed by atoms with Crippen molar-refractivity contribution < 1.29 is 62.0 Å². The Labute approximate surface area is 673 Å². The van der Waals surface area contributed by atoms with Crippen molar-refractivity contribution in [3.8, 4) is 0 Å². The number of carbonyl (C=O) groups excluding carboxylic acids is 2. The second kappa shape index (κ2) is 47.3. The number of ether oxygens (including phenoxy) is 1. The molecule has 0 spiro atoms. The van der Waals surface area contributed by atoms with Crippen LogP contribution in [0.1, 0.15) is 91.8 Å². The Morgan fingerprint density at radius 1 is 0.590 bits per heavy atom. The number of halogens is 12. The maximum Gasteiger partial charge on any atom is 0.290 e. The van der Waals surface area contributed by atoms with E-state index in [9.17, 15) is 44.0 Å². The molecule has 0 radical (unpaired) electrons. The summed E-state index contributed by atoms with van der Waals surface area (Å²) in [6.45, 7) is 16.3. The maximum atomic E-state index is 13.4.